The van der Waals surface area contributed by atoms with Gasteiger partial charge in [0.1, 0.15) is 5.82 Å². The number of aliphatic hydroxyl groups is 1. The molecule has 1 N–H and O–H groups in total. The highest BCUT2D eigenvalue weighted by Gasteiger charge is 2.29. The number of alkyl halides is 1. The predicted molar refractivity (Wildman–Crippen MR) is 83.5 cm³/mol. The number of rotatable bonds is 5. The molecule has 0 saturated heterocycles. The summed E-state index contributed by atoms with van der Waals surface area (Å²) in [4.78, 5) is 0. The molecular formula is C16H15BrClFO. The zero-order valence-corrected chi connectivity index (χ0v) is 13.2. The highest BCUT2D eigenvalue weighted by Crippen LogP contribution is 2.31. The molecule has 4 heteroatoms. The molecule has 0 aliphatic rings. The van der Waals surface area contributed by atoms with Gasteiger partial charge in [0.25, 0.3) is 0 Å². The van der Waals surface area contributed by atoms with E-state index in [1.165, 1.54) is 6.07 Å². The smallest absolute Gasteiger partial charge is 0.127 e. The van der Waals surface area contributed by atoms with Gasteiger partial charge >= 0.3 is 0 Å². The Morgan fingerprint density at radius 3 is 2.45 bits per heavy atom. The SMILES string of the molecule is OC(CCCl)(Cc1ccc(Br)cc1F)c1ccccc1. The van der Waals surface area contributed by atoms with E-state index in [0.717, 1.165) is 5.56 Å². The molecule has 1 unspecified atom stereocenters. The van der Waals surface area contributed by atoms with E-state index in [4.69, 9.17) is 11.6 Å². The molecule has 1 nitrogen and oxygen atoms in total. The van der Waals surface area contributed by atoms with Gasteiger partial charge in [0.05, 0.1) is 5.60 Å². The Kier molecular flexibility index (Phi) is 5.19. The molecule has 2 rings (SSSR count). The molecule has 0 aliphatic heterocycles. The highest BCUT2D eigenvalue weighted by atomic mass is 79.9. The summed E-state index contributed by atoms with van der Waals surface area (Å²) in [5, 5.41) is 10.9. The summed E-state index contributed by atoms with van der Waals surface area (Å²) in [6, 6.07) is 14.1. The Hall–Kier alpha value is -0.900. The lowest BCUT2D eigenvalue weighted by Crippen LogP contribution is -2.29. The lowest BCUT2D eigenvalue weighted by molar-refractivity contribution is 0.0328. The van der Waals surface area contributed by atoms with Crippen molar-refractivity contribution in [2.45, 2.75) is 18.4 Å². The van der Waals surface area contributed by atoms with Gasteiger partial charge in [-0.15, -0.1) is 11.6 Å². The molecule has 106 valence electrons. The number of benzene rings is 2. The van der Waals surface area contributed by atoms with Crippen molar-refractivity contribution < 1.29 is 9.50 Å². The minimum Gasteiger partial charge on any atom is -0.385 e. The van der Waals surface area contributed by atoms with Crippen LogP contribution in [0.25, 0.3) is 0 Å². The van der Waals surface area contributed by atoms with Crippen molar-refractivity contribution in [3.63, 3.8) is 0 Å². The van der Waals surface area contributed by atoms with Crippen LogP contribution in [0.1, 0.15) is 17.5 Å². The van der Waals surface area contributed by atoms with E-state index in [9.17, 15) is 9.50 Å². The molecule has 0 spiro atoms. The molecule has 0 aliphatic carbocycles. The second-order valence-corrected chi connectivity index (χ2v) is 6.04. The molecule has 2 aromatic carbocycles. The summed E-state index contributed by atoms with van der Waals surface area (Å²) in [6.45, 7) is 0. The molecule has 0 fully saturated rings. The monoisotopic (exact) mass is 356 g/mol. The zero-order chi connectivity index (χ0) is 14.6. The zero-order valence-electron chi connectivity index (χ0n) is 10.8. The molecule has 20 heavy (non-hydrogen) atoms. The van der Waals surface area contributed by atoms with Gasteiger partial charge in [-0.3, -0.25) is 0 Å². The fourth-order valence-corrected chi connectivity index (χ4v) is 2.87. The van der Waals surface area contributed by atoms with Crippen molar-refractivity contribution in [1.29, 1.82) is 0 Å². The van der Waals surface area contributed by atoms with Gasteiger partial charge < -0.3 is 5.11 Å². The first-order chi connectivity index (χ1) is 9.55. The first kappa shape index (κ1) is 15.5. The average Bonchev–Trinajstić information content (AvgIpc) is 2.43. The van der Waals surface area contributed by atoms with Crippen LogP contribution in [-0.2, 0) is 12.0 Å². The largest absolute Gasteiger partial charge is 0.385 e. The van der Waals surface area contributed by atoms with E-state index in [-0.39, 0.29) is 12.2 Å². The fraction of sp³-hybridized carbons (Fsp3) is 0.250. The molecule has 0 radical (unpaired) electrons. The van der Waals surface area contributed by atoms with Crippen LogP contribution in [0.15, 0.2) is 53.0 Å². The van der Waals surface area contributed by atoms with Crippen LogP contribution in [0.4, 0.5) is 4.39 Å². The van der Waals surface area contributed by atoms with Gasteiger partial charge in [-0.05, 0) is 29.7 Å². The Labute approximate surface area is 131 Å². The minimum absolute atomic E-state index is 0.197. The molecule has 0 amide bonds. The van der Waals surface area contributed by atoms with E-state index in [1.54, 1.807) is 12.1 Å². The summed E-state index contributed by atoms with van der Waals surface area (Å²) in [7, 11) is 0. The summed E-state index contributed by atoms with van der Waals surface area (Å²) in [5.41, 5.74) is 0.0742. The number of hydrogen-bond donors (Lipinski definition) is 1. The Bertz CT molecular complexity index is 576. The lowest BCUT2D eigenvalue weighted by atomic mass is 9.85. The quantitative estimate of drug-likeness (QED) is 0.772. The first-order valence-electron chi connectivity index (χ1n) is 6.33. The van der Waals surface area contributed by atoms with Gasteiger partial charge in [-0.25, -0.2) is 4.39 Å². The van der Waals surface area contributed by atoms with Gasteiger partial charge in [-0.1, -0.05) is 52.3 Å². The van der Waals surface area contributed by atoms with E-state index in [2.05, 4.69) is 15.9 Å². The predicted octanol–water partition coefficient (Wildman–Crippen LogP) is 4.65. The molecule has 0 saturated carbocycles. The van der Waals surface area contributed by atoms with Crippen LogP contribution in [0, 0.1) is 5.82 Å². The maximum atomic E-state index is 14.0. The van der Waals surface area contributed by atoms with Gasteiger partial charge in [0, 0.05) is 16.8 Å². The summed E-state index contributed by atoms with van der Waals surface area (Å²) in [6.07, 6.45) is 0.566. The van der Waals surface area contributed by atoms with Crippen molar-refractivity contribution in [3.8, 4) is 0 Å². The van der Waals surface area contributed by atoms with Crippen LogP contribution >= 0.6 is 27.5 Å². The van der Waals surface area contributed by atoms with Crippen LogP contribution in [0.5, 0.6) is 0 Å². The van der Waals surface area contributed by atoms with Gasteiger partial charge in [0.2, 0.25) is 0 Å². The normalized spacial score (nSPS) is 14.0. The third kappa shape index (κ3) is 3.60. The maximum absolute atomic E-state index is 14.0. The summed E-state index contributed by atoms with van der Waals surface area (Å²) >= 11 is 9.03. The molecule has 0 heterocycles. The summed E-state index contributed by atoms with van der Waals surface area (Å²) < 4.78 is 14.6. The summed E-state index contributed by atoms with van der Waals surface area (Å²) in [5.74, 6) is -0.0212. The van der Waals surface area contributed by atoms with Gasteiger partial charge in [0.15, 0.2) is 0 Å². The van der Waals surface area contributed by atoms with Crippen molar-refractivity contribution in [3.05, 3.63) is 69.9 Å². The molecular weight excluding hydrogens is 343 g/mol. The van der Waals surface area contributed by atoms with Crippen molar-refractivity contribution in [2.75, 3.05) is 5.88 Å². The molecule has 2 aromatic rings. The topological polar surface area (TPSA) is 20.2 Å². The lowest BCUT2D eigenvalue weighted by Gasteiger charge is -2.28. The maximum Gasteiger partial charge on any atom is 0.127 e. The third-order valence-electron chi connectivity index (χ3n) is 3.32. The number of halogens is 3. The fourth-order valence-electron chi connectivity index (χ4n) is 2.22. The third-order valence-corrected chi connectivity index (χ3v) is 4.00. The van der Waals surface area contributed by atoms with Crippen molar-refractivity contribution in [1.82, 2.24) is 0 Å². The van der Waals surface area contributed by atoms with Gasteiger partial charge in [-0.2, -0.15) is 0 Å². The van der Waals surface area contributed by atoms with E-state index < -0.39 is 5.60 Å². The highest BCUT2D eigenvalue weighted by molar-refractivity contribution is 9.10. The number of hydrogen-bond acceptors (Lipinski definition) is 1. The van der Waals surface area contributed by atoms with E-state index in [1.807, 2.05) is 30.3 Å². The molecule has 0 aromatic heterocycles. The standard InChI is InChI=1S/C16H15BrClFO/c17-14-7-6-12(15(19)10-14)11-16(20,8-9-18)13-4-2-1-3-5-13/h1-7,10,20H,8-9,11H2. The second kappa shape index (κ2) is 6.70. The van der Waals surface area contributed by atoms with E-state index >= 15 is 0 Å². The van der Waals surface area contributed by atoms with E-state index in [0.29, 0.717) is 22.3 Å². The van der Waals surface area contributed by atoms with Crippen LogP contribution < -0.4 is 0 Å². The first-order valence-corrected chi connectivity index (χ1v) is 7.66. The Morgan fingerprint density at radius 2 is 1.85 bits per heavy atom. The van der Waals surface area contributed by atoms with Crippen LogP contribution in [-0.4, -0.2) is 11.0 Å². The van der Waals surface area contributed by atoms with Crippen LogP contribution in [0.2, 0.25) is 0 Å². The van der Waals surface area contributed by atoms with Crippen molar-refractivity contribution in [2.24, 2.45) is 0 Å². The molecule has 1 atom stereocenters. The molecule has 0 bridgehead atoms. The Balaban J connectivity index is 2.34. The minimum atomic E-state index is -1.16. The second-order valence-electron chi connectivity index (χ2n) is 4.75. The average molecular weight is 358 g/mol. The van der Waals surface area contributed by atoms with Crippen molar-refractivity contribution >= 4 is 27.5 Å². The van der Waals surface area contributed by atoms with Crippen LogP contribution in [0.3, 0.4) is 0 Å². The Morgan fingerprint density at radius 1 is 1.15 bits per heavy atom.